The fraction of sp³-hybridized carbons (Fsp3) is 0.417. The number of hydrogen-bond donors (Lipinski definition) is 2. The molecule has 2 aromatic heterocycles. The smallest absolute Gasteiger partial charge is 0.303 e. The summed E-state index contributed by atoms with van der Waals surface area (Å²) in [5, 5.41) is 19.4. The van der Waals surface area contributed by atoms with E-state index in [1.807, 2.05) is 0 Å². The van der Waals surface area contributed by atoms with Crippen LogP contribution in [0, 0.1) is 5.92 Å². The van der Waals surface area contributed by atoms with E-state index in [-0.39, 0.29) is 24.2 Å². The summed E-state index contributed by atoms with van der Waals surface area (Å²) in [5.74, 6) is -1.26. The van der Waals surface area contributed by atoms with Crippen LogP contribution in [-0.4, -0.2) is 55.4 Å². The first-order valence-corrected chi connectivity index (χ1v) is 7.28. The van der Waals surface area contributed by atoms with Gasteiger partial charge in [0.2, 0.25) is 0 Å². The summed E-state index contributed by atoms with van der Waals surface area (Å²) < 4.78 is 0. The Balaban J connectivity index is 1.80. The van der Waals surface area contributed by atoms with Gasteiger partial charge < -0.3 is 10.0 Å². The largest absolute Gasteiger partial charge is 0.481 e. The monoisotopic (exact) mass is 307 g/mol. The number of amides is 1. The molecule has 2 atom stereocenters. The van der Waals surface area contributed by atoms with Gasteiger partial charge >= 0.3 is 5.97 Å². The van der Waals surface area contributed by atoms with Crippen LogP contribution < -0.4 is 0 Å². The van der Waals surface area contributed by atoms with Crippen molar-refractivity contribution in [3.8, 4) is 0 Å². The molecule has 1 amide bonds. The summed E-state index contributed by atoms with van der Waals surface area (Å²) in [4.78, 5) is 29.5. The molecule has 1 aliphatic heterocycles. The first-order valence-electron chi connectivity index (χ1n) is 6.40. The van der Waals surface area contributed by atoms with Crippen LogP contribution in [0.2, 0.25) is 0 Å². The third-order valence-corrected chi connectivity index (χ3v) is 4.38. The molecule has 0 radical (unpaired) electrons. The van der Waals surface area contributed by atoms with Crippen LogP contribution in [0.3, 0.4) is 0 Å². The maximum atomic E-state index is 12.4. The second kappa shape index (κ2) is 5.60. The maximum Gasteiger partial charge on any atom is 0.303 e. The van der Waals surface area contributed by atoms with Crippen molar-refractivity contribution in [1.82, 2.24) is 25.3 Å². The highest BCUT2D eigenvalue weighted by Crippen LogP contribution is 2.34. The van der Waals surface area contributed by atoms with E-state index in [1.165, 1.54) is 17.5 Å². The van der Waals surface area contributed by atoms with Crippen LogP contribution in [-0.2, 0) is 4.79 Å². The van der Waals surface area contributed by atoms with Crippen molar-refractivity contribution in [3.63, 3.8) is 0 Å². The Morgan fingerprint density at radius 3 is 2.90 bits per heavy atom. The van der Waals surface area contributed by atoms with Gasteiger partial charge in [0.15, 0.2) is 0 Å². The van der Waals surface area contributed by atoms with Gasteiger partial charge in [0.05, 0.1) is 30.0 Å². The number of carboxylic acids is 1. The second-order valence-electron chi connectivity index (χ2n) is 4.94. The van der Waals surface area contributed by atoms with E-state index in [9.17, 15) is 9.59 Å². The van der Waals surface area contributed by atoms with Crippen molar-refractivity contribution < 1.29 is 14.7 Å². The number of aromatic nitrogens is 4. The number of aromatic amines is 1. The number of nitrogens with one attached hydrogen (secondary N) is 1. The highest BCUT2D eigenvalue weighted by atomic mass is 32.1. The molecular weight excluding hydrogens is 294 g/mol. The van der Waals surface area contributed by atoms with E-state index in [1.54, 1.807) is 16.6 Å². The molecular formula is C12H13N5O3S. The molecule has 2 aromatic rings. The number of rotatable bonds is 4. The summed E-state index contributed by atoms with van der Waals surface area (Å²) in [6, 6.07) is 0. The molecule has 1 aliphatic rings. The van der Waals surface area contributed by atoms with E-state index in [4.69, 9.17) is 5.11 Å². The van der Waals surface area contributed by atoms with E-state index in [2.05, 4.69) is 20.4 Å². The molecule has 0 bridgehead atoms. The van der Waals surface area contributed by atoms with Gasteiger partial charge in [0, 0.05) is 19.0 Å². The number of nitrogens with zero attached hydrogens (tertiary/aromatic N) is 4. The minimum atomic E-state index is -0.874. The number of carbonyl (C=O) groups excluding carboxylic acids is 1. The Morgan fingerprint density at radius 2 is 2.29 bits per heavy atom. The third-order valence-electron chi connectivity index (χ3n) is 3.62. The zero-order chi connectivity index (χ0) is 14.8. The SMILES string of the molecule is O=C(O)C[C@H]1CN(C(=O)c2cncs2)C[C@H]1c1cn[nH]n1. The van der Waals surface area contributed by atoms with Crippen molar-refractivity contribution in [1.29, 1.82) is 0 Å². The first-order chi connectivity index (χ1) is 10.1. The minimum Gasteiger partial charge on any atom is -0.481 e. The van der Waals surface area contributed by atoms with Gasteiger partial charge in [-0.1, -0.05) is 0 Å². The molecule has 0 aliphatic carbocycles. The van der Waals surface area contributed by atoms with Crippen LogP contribution in [0.1, 0.15) is 27.7 Å². The van der Waals surface area contributed by atoms with Crippen molar-refractivity contribution >= 4 is 23.2 Å². The van der Waals surface area contributed by atoms with E-state index < -0.39 is 5.97 Å². The second-order valence-corrected chi connectivity index (χ2v) is 5.82. The first kappa shape index (κ1) is 13.7. The average molecular weight is 307 g/mol. The van der Waals surface area contributed by atoms with Crippen LogP contribution in [0.5, 0.6) is 0 Å². The third kappa shape index (κ3) is 2.77. The molecule has 3 rings (SSSR count). The van der Waals surface area contributed by atoms with Gasteiger partial charge in [-0.15, -0.1) is 11.3 Å². The van der Waals surface area contributed by atoms with Crippen LogP contribution in [0.25, 0.3) is 0 Å². The lowest BCUT2D eigenvalue weighted by atomic mass is 9.91. The van der Waals surface area contributed by atoms with Gasteiger partial charge in [0.25, 0.3) is 5.91 Å². The Kier molecular flexibility index (Phi) is 3.65. The standard InChI is InChI=1S/C12H13N5O3S/c18-11(19)1-7-4-17(12(20)10-3-13-6-21-10)5-8(7)9-2-14-16-15-9/h2-3,6-8H,1,4-5H2,(H,18,19)(H,14,15,16)/t7-,8+/m0/s1. The molecule has 9 heteroatoms. The minimum absolute atomic E-state index is 0.00397. The summed E-state index contributed by atoms with van der Waals surface area (Å²) in [6.07, 6.45) is 3.12. The van der Waals surface area contributed by atoms with E-state index in [0.717, 1.165) is 0 Å². The Morgan fingerprint density at radius 1 is 1.43 bits per heavy atom. The lowest BCUT2D eigenvalue weighted by Gasteiger charge is -2.14. The van der Waals surface area contributed by atoms with Crippen molar-refractivity contribution in [2.75, 3.05) is 13.1 Å². The Labute approximate surface area is 123 Å². The molecule has 110 valence electrons. The molecule has 2 N–H and O–H groups in total. The number of carboxylic acid groups (broad SMARTS) is 1. The maximum absolute atomic E-state index is 12.4. The normalized spacial score (nSPS) is 21.6. The molecule has 1 fully saturated rings. The molecule has 0 aromatic carbocycles. The number of carbonyl (C=O) groups is 2. The zero-order valence-corrected chi connectivity index (χ0v) is 11.8. The van der Waals surface area contributed by atoms with Gasteiger partial charge in [-0.05, 0) is 5.92 Å². The number of H-pyrrole nitrogens is 1. The lowest BCUT2D eigenvalue weighted by Crippen LogP contribution is -2.28. The number of likely N-dealkylation sites (tertiary alicyclic amines) is 1. The number of aliphatic carboxylic acids is 1. The predicted octanol–water partition coefficient (Wildman–Crippen LogP) is 0.592. The Hall–Kier alpha value is -2.29. The fourth-order valence-corrected chi connectivity index (χ4v) is 3.26. The topological polar surface area (TPSA) is 112 Å². The molecule has 0 unspecified atom stereocenters. The quantitative estimate of drug-likeness (QED) is 0.855. The van der Waals surface area contributed by atoms with Crippen molar-refractivity contribution in [3.05, 3.63) is 28.5 Å². The van der Waals surface area contributed by atoms with Crippen molar-refractivity contribution in [2.24, 2.45) is 5.92 Å². The molecule has 1 saturated heterocycles. The van der Waals surface area contributed by atoms with Crippen LogP contribution >= 0.6 is 11.3 Å². The van der Waals surface area contributed by atoms with Gasteiger partial charge in [-0.3, -0.25) is 14.6 Å². The molecule has 0 saturated carbocycles. The summed E-state index contributed by atoms with van der Waals surface area (Å²) in [5.41, 5.74) is 2.30. The molecule has 3 heterocycles. The number of hydrogen-bond acceptors (Lipinski definition) is 6. The summed E-state index contributed by atoms with van der Waals surface area (Å²) >= 11 is 1.28. The van der Waals surface area contributed by atoms with Crippen LogP contribution in [0.4, 0.5) is 0 Å². The van der Waals surface area contributed by atoms with E-state index >= 15 is 0 Å². The van der Waals surface area contributed by atoms with Crippen molar-refractivity contribution in [2.45, 2.75) is 12.3 Å². The van der Waals surface area contributed by atoms with E-state index in [0.29, 0.717) is 23.7 Å². The lowest BCUT2D eigenvalue weighted by molar-refractivity contribution is -0.138. The molecule has 8 nitrogen and oxygen atoms in total. The average Bonchev–Trinajstić information content (AvgIpc) is 3.18. The summed E-state index contributed by atoms with van der Waals surface area (Å²) in [6.45, 7) is 0.849. The molecule has 0 spiro atoms. The fourth-order valence-electron chi connectivity index (χ4n) is 2.67. The van der Waals surface area contributed by atoms with Gasteiger partial charge in [-0.2, -0.15) is 15.4 Å². The highest BCUT2D eigenvalue weighted by molar-refractivity contribution is 7.11. The highest BCUT2D eigenvalue weighted by Gasteiger charge is 2.39. The number of thiazole rings is 1. The zero-order valence-electron chi connectivity index (χ0n) is 11.0. The van der Waals surface area contributed by atoms with Crippen LogP contribution in [0.15, 0.2) is 17.9 Å². The van der Waals surface area contributed by atoms with Gasteiger partial charge in [-0.25, -0.2) is 0 Å². The predicted molar refractivity (Wildman–Crippen MR) is 72.9 cm³/mol. The Bertz CT molecular complexity index is 627. The molecule has 21 heavy (non-hydrogen) atoms. The summed E-state index contributed by atoms with van der Waals surface area (Å²) in [7, 11) is 0. The van der Waals surface area contributed by atoms with Gasteiger partial charge in [0.1, 0.15) is 4.88 Å².